The van der Waals surface area contributed by atoms with Gasteiger partial charge in [-0.25, -0.2) is 4.79 Å². The summed E-state index contributed by atoms with van der Waals surface area (Å²) in [5.74, 6) is -0.691. The molecule has 0 saturated carbocycles. The zero-order valence-corrected chi connectivity index (χ0v) is 14.8. The number of hydrogen-bond donors (Lipinski definition) is 2. The van der Waals surface area contributed by atoms with Crippen LogP contribution in [0.4, 0.5) is 5.69 Å². The van der Waals surface area contributed by atoms with Crippen LogP contribution in [0, 0.1) is 0 Å². The number of rotatable bonds is 9. The number of unbranched alkanes of at least 4 members (excludes halogenated alkanes) is 1. The number of aliphatic carboxylic acids is 1. The van der Waals surface area contributed by atoms with Crippen molar-refractivity contribution in [3.63, 3.8) is 0 Å². The van der Waals surface area contributed by atoms with Gasteiger partial charge in [0.15, 0.2) is 6.61 Å². The van der Waals surface area contributed by atoms with Crippen LogP contribution >= 0.6 is 0 Å². The maximum atomic E-state index is 12.0. The predicted octanol–water partition coefficient (Wildman–Crippen LogP) is 4.14. The highest BCUT2D eigenvalue weighted by Gasteiger charge is 2.04. The summed E-state index contributed by atoms with van der Waals surface area (Å²) < 4.78 is 5.44. The van der Waals surface area contributed by atoms with Crippen LogP contribution in [0.2, 0.25) is 0 Å². The SMILES string of the molecule is CCCCc1ccc(NC(=O)COc2ccc(/C=C/C(=O)O)cc2)cc1. The van der Waals surface area contributed by atoms with Crippen LogP contribution in [0.15, 0.2) is 54.6 Å². The smallest absolute Gasteiger partial charge is 0.328 e. The van der Waals surface area contributed by atoms with E-state index in [0.717, 1.165) is 36.6 Å². The van der Waals surface area contributed by atoms with Crippen LogP contribution in [-0.2, 0) is 16.0 Å². The standard InChI is InChI=1S/C21H23NO4/c1-2-3-4-16-5-10-18(11-6-16)22-20(23)15-26-19-12-7-17(8-13-19)9-14-21(24)25/h5-14H,2-4,15H2,1H3,(H,22,23)(H,24,25)/b14-9+. The summed E-state index contributed by atoms with van der Waals surface area (Å²) in [6.45, 7) is 2.07. The summed E-state index contributed by atoms with van der Waals surface area (Å²) in [6.07, 6.45) is 5.92. The molecular formula is C21H23NO4. The number of benzene rings is 2. The van der Waals surface area contributed by atoms with E-state index in [1.165, 1.54) is 11.6 Å². The van der Waals surface area contributed by atoms with Gasteiger partial charge in [0.2, 0.25) is 0 Å². The first-order valence-corrected chi connectivity index (χ1v) is 8.59. The summed E-state index contributed by atoms with van der Waals surface area (Å²) in [5, 5.41) is 11.4. The average Bonchev–Trinajstić information content (AvgIpc) is 2.65. The maximum absolute atomic E-state index is 12.0. The fourth-order valence-corrected chi connectivity index (χ4v) is 2.32. The molecule has 0 fully saturated rings. The van der Waals surface area contributed by atoms with Crippen molar-refractivity contribution >= 4 is 23.6 Å². The zero-order valence-electron chi connectivity index (χ0n) is 14.8. The molecule has 0 heterocycles. The lowest BCUT2D eigenvalue weighted by Crippen LogP contribution is -2.20. The number of amides is 1. The summed E-state index contributed by atoms with van der Waals surface area (Å²) in [4.78, 5) is 22.5. The third-order valence-electron chi connectivity index (χ3n) is 3.73. The Balaban J connectivity index is 1.80. The maximum Gasteiger partial charge on any atom is 0.328 e. The number of carbonyl (C=O) groups excluding carboxylic acids is 1. The molecule has 1 amide bonds. The van der Waals surface area contributed by atoms with E-state index in [1.54, 1.807) is 24.3 Å². The number of nitrogens with one attached hydrogen (secondary N) is 1. The molecule has 0 aromatic heterocycles. The van der Waals surface area contributed by atoms with Crippen LogP contribution in [0.3, 0.4) is 0 Å². The molecule has 0 atom stereocenters. The molecule has 5 heteroatoms. The number of ether oxygens (including phenoxy) is 1. The number of aryl methyl sites for hydroxylation is 1. The molecule has 0 aliphatic heterocycles. The summed E-state index contributed by atoms with van der Waals surface area (Å²) in [5.41, 5.74) is 2.75. The van der Waals surface area contributed by atoms with E-state index < -0.39 is 5.97 Å². The minimum absolute atomic E-state index is 0.0953. The first-order chi connectivity index (χ1) is 12.6. The van der Waals surface area contributed by atoms with Crippen molar-refractivity contribution in [3.05, 3.63) is 65.7 Å². The van der Waals surface area contributed by atoms with E-state index in [9.17, 15) is 9.59 Å². The topological polar surface area (TPSA) is 75.6 Å². The quantitative estimate of drug-likeness (QED) is 0.664. The second kappa shape index (κ2) is 10.0. The fourth-order valence-electron chi connectivity index (χ4n) is 2.32. The lowest BCUT2D eigenvalue weighted by molar-refractivity contribution is -0.131. The highest BCUT2D eigenvalue weighted by Crippen LogP contribution is 2.14. The average molecular weight is 353 g/mol. The Morgan fingerprint density at radius 2 is 1.77 bits per heavy atom. The number of hydrogen-bond acceptors (Lipinski definition) is 3. The van der Waals surface area contributed by atoms with Gasteiger partial charge in [-0.2, -0.15) is 0 Å². The Kier molecular flexibility index (Phi) is 7.43. The number of anilines is 1. The molecule has 26 heavy (non-hydrogen) atoms. The molecule has 2 rings (SSSR count). The summed E-state index contributed by atoms with van der Waals surface area (Å²) >= 11 is 0. The second-order valence-electron chi connectivity index (χ2n) is 5.88. The number of carboxylic acids is 1. The first kappa shape index (κ1) is 19.2. The molecule has 2 N–H and O–H groups in total. The Bertz CT molecular complexity index is 749. The lowest BCUT2D eigenvalue weighted by atomic mass is 10.1. The molecule has 0 aliphatic rings. The van der Waals surface area contributed by atoms with Gasteiger partial charge in [-0.1, -0.05) is 37.6 Å². The molecular weight excluding hydrogens is 330 g/mol. The molecule has 0 aliphatic carbocycles. The minimum Gasteiger partial charge on any atom is -0.484 e. The van der Waals surface area contributed by atoms with Crippen molar-refractivity contribution < 1.29 is 19.4 Å². The molecule has 0 bridgehead atoms. The van der Waals surface area contributed by atoms with Gasteiger partial charge < -0.3 is 15.2 Å². The summed E-state index contributed by atoms with van der Waals surface area (Å²) in [6, 6.07) is 14.7. The van der Waals surface area contributed by atoms with Crippen molar-refractivity contribution in [2.45, 2.75) is 26.2 Å². The highest BCUT2D eigenvalue weighted by atomic mass is 16.5. The predicted molar refractivity (Wildman–Crippen MR) is 102 cm³/mol. The van der Waals surface area contributed by atoms with Gasteiger partial charge in [0.1, 0.15) is 5.75 Å². The Hall–Kier alpha value is -3.08. The Labute approximate surface area is 153 Å². The van der Waals surface area contributed by atoms with Crippen LogP contribution in [-0.4, -0.2) is 23.6 Å². The third-order valence-corrected chi connectivity index (χ3v) is 3.73. The van der Waals surface area contributed by atoms with Gasteiger partial charge >= 0.3 is 5.97 Å². The molecule has 136 valence electrons. The zero-order chi connectivity index (χ0) is 18.8. The van der Waals surface area contributed by atoms with Crippen molar-refractivity contribution in [1.82, 2.24) is 0 Å². The van der Waals surface area contributed by atoms with Gasteiger partial charge in [-0.05, 0) is 54.3 Å². The Morgan fingerprint density at radius 3 is 2.38 bits per heavy atom. The van der Waals surface area contributed by atoms with E-state index in [4.69, 9.17) is 9.84 Å². The van der Waals surface area contributed by atoms with E-state index in [2.05, 4.69) is 12.2 Å². The van der Waals surface area contributed by atoms with Gasteiger partial charge in [0.25, 0.3) is 5.91 Å². The van der Waals surface area contributed by atoms with Crippen molar-refractivity contribution in [3.8, 4) is 5.75 Å². The molecule has 0 saturated heterocycles. The van der Waals surface area contributed by atoms with Gasteiger partial charge in [-0.3, -0.25) is 4.79 Å². The normalized spacial score (nSPS) is 10.7. The lowest BCUT2D eigenvalue weighted by Gasteiger charge is -2.08. The van der Waals surface area contributed by atoms with Gasteiger partial charge in [-0.15, -0.1) is 0 Å². The molecule has 2 aromatic carbocycles. The third kappa shape index (κ3) is 6.81. The molecule has 0 radical (unpaired) electrons. The van der Waals surface area contributed by atoms with Crippen LogP contribution in [0.1, 0.15) is 30.9 Å². The van der Waals surface area contributed by atoms with E-state index in [1.807, 2.05) is 24.3 Å². The molecule has 2 aromatic rings. The second-order valence-corrected chi connectivity index (χ2v) is 5.88. The fraction of sp³-hybridized carbons (Fsp3) is 0.238. The van der Waals surface area contributed by atoms with E-state index >= 15 is 0 Å². The number of carbonyl (C=O) groups is 2. The van der Waals surface area contributed by atoms with Crippen molar-refractivity contribution in [1.29, 1.82) is 0 Å². The molecule has 0 unspecified atom stereocenters. The highest BCUT2D eigenvalue weighted by molar-refractivity contribution is 5.91. The van der Waals surface area contributed by atoms with E-state index in [-0.39, 0.29) is 12.5 Å². The van der Waals surface area contributed by atoms with Crippen molar-refractivity contribution in [2.75, 3.05) is 11.9 Å². The number of carboxylic acid groups (broad SMARTS) is 1. The Morgan fingerprint density at radius 1 is 1.08 bits per heavy atom. The monoisotopic (exact) mass is 353 g/mol. The summed E-state index contributed by atoms with van der Waals surface area (Å²) in [7, 11) is 0. The first-order valence-electron chi connectivity index (χ1n) is 8.59. The van der Waals surface area contributed by atoms with E-state index in [0.29, 0.717) is 5.75 Å². The van der Waals surface area contributed by atoms with Gasteiger partial charge in [0.05, 0.1) is 0 Å². The van der Waals surface area contributed by atoms with Gasteiger partial charge in [0, 0.05) is 11.8 Å². The van der Waals surface area contributed by atoms with Crippen molar-refractivity contribution in [2.24, 2.45) is 0 Å². The molecule has 5 nitrogen and oxygen atoms in total. The minimum atomic E-state index is -1.000. The largest absolute Gasteiger partial charge is 0.484 e. The van der Waals surface area contributed by atoms with Crippen LogP contribution in [0.5, 0.6) is 5.75 Å². The van der Waals surface area contributed by atoms with Crippen LogP contribution < -0.4 is 10.1 Å². The molecule has 0 spiro atoms. The van der Waals surface area contributed by atoms with Crippen LogP contribution in [0.25, 0.3) is 6.08 Å².